The number of para-hydroxylation sites is 1. The Balaban J connectivity index is 1.29. The van der Waals surface area contributed by atoms with Gasteiger partial charge >= 0.3 is 0 Å². The first-order valence-corrected chi connectivity index (χ1v) is 10.7. The van der Waals surface area contributed by atoms with Crippen LogP contribution >= 0.6 is 11.3 Å². The number of fused-ring (bicyclic) bond motifs is 1. The maximum atomic E-state index is 12.7. The number of carbonyl (C=O) groups excluding carboxylic acids is 1. The fraction of sp³-hybridized carbons (Fsp3) is 0.364. The lowest BCUT2D eigenvalue weighted by Gasteiger charge is -2.37. The topological polar surface area (TPSA) is 57.7 Å². The van der Waals surface area contributed by atoms with Crippen LogP contribution in [-0.2, 0) is 11.3 Å². The zero-order chi connectivity index (χ0) is 20.2. The summed E-state index contributed by atoms with van der Waals surface area (Å²) >= 11 is 1.77. The highest BCUT2D eigenvalue weighted by Crippen LogP contribution is 2.23. The van der Waals surface area contributed by atoms with Crippen molar-refractivity contribution < 1.29 is 9.53 Å². The Morgan fingerprint density at radius 3 is 2.72 bits per heavy atom. The summed E-state index contributed by atoms with van der Waals surface area (Å²) in [4.78, 5) is 22.1. The van der Waals surface area contributed by atoms with Gasteiger partial charge in [-0.1, -0.05) is 18.2 Å². The smallest absolute Gasteiger partial charge is 0.241 e. The summed E-state index contributed by atoms with van der Waals surface area (Å²) in [7, 11) is 1.62. The number of carbonyl (C=O) groups is 1. The summed E-state index contributed by atoms with van der Waals surface area (Å²) in [5, 5.41) is 4.15. The number of benzene rings is 2. The van der Waals surface area contributed by atoms with Crippen molar-refractivity contribution in [3.63, 3.8) is 0 Å². The number of ether oxygens (including phenoxy) is 1. The summed E-state index contributed by atoms with van der Waals surface area (Å²) < 4.78 is 6.46. The molecule has 0 bridgehead atoms. The maximum absolute atomic E-state index is 12.7. The molecule has 1 amide bonds. The van der Waals surface area contributed by atoms with E-state index in [-0.39, 0.29) is 11.9 Å². The minimum atomic E-state index is -0.175. The number of nitrogens with zero attached hydrogens (tertiary/aromatic N) is 3. The summed E-state index contributed by atoms with van der Waals surface area (Å²) in [5.41, 5.74) is 1.84. The zero-order valence-corrected chi connectivity index (χ0v) is 17.6. The molecule has 0 radical (unpaired) electrons. The molecule has 0 saturated carbocycles. The molecular formula is C22H26N4O2S. The highest BCUT2D eigenvalue weighted by molar-refractivity contribution is 7.18. The summed E-state index contributed by atoms with van der Waals surface area (Å²) in [6.45, 7) is 6.46. The van der Waals surface area contributed by atoms with E-state index in [1.54, 1.807) is 18.4 Å². The molecule has 1 aliphatic heterocycles. The van der Waals surface area contributed by atoms with Gasteiger partial charge in [-0.25, -0.2) is 4.98 Å². The molecule has 0 unspecified atom stereocenters. The molecule has 1 aromatic heterocycles. The molecule has 3 aromatic rings. The van der Waals surface area contributed by atoms with Crippen LogP contribution in [0.2, 0.25) is 0 Å². The van der Waals surface area contributed by atoms with Crippen molar-refractivity contribution in [3.8, 4) is 5.75 Å². The molecule has 4 rings (SSSR count). The highest BCUT2D eigenvalue weighted by Gasteiger charge is 2.26. The number of nitrogens with one attached hydrogen (secondary N) is 1. The van der Waals surface area contributed by atoms with Gasteiger partial charge in [0.2, 0.25) is 5.91 Å². The Kier molecular flexibility index (Phi) is 6.08. The molecule has 1 N–H and O–H groups in total. The van der Waals surface area contributed by atoms with Gasteiger partial charge in [0.1, 0.15) is 10.8 Å². The summed E-state index contributed by atoms with van der Waals surface area (Å²) in [5.74, 6) is 0.747. The molecule has 152 valence electrons. The van der Waals surface area contributed by atoms with E-state index in [1.165, 1.54) is 4.70 Å². The van der Waals surface area contributed by atoms with Crippen LogP contribution in [0.5, 0.6) is 5.75 Å². The number of hydrogen-bond donors (Lipinski definition) is 1. The molecule has 6 nitrogen and oxygen atoms in total. The van der Waals surface area contributed by atoms with E-state index in [4.69, 9.17) is 9.72 Å². The zero-order valence-electron chi connectivity index (χ0n) is 16.8. The minimum absolute atomic E-state index is 0.0119. The van der Waals surface area contributed by atoms with E-state index in [0.717, 1.165) is 54.7 Å². The molecule has 0 spiro atoms. The van der Waals surface area contributed by atoms with Crippen LogP contribution in [0.15, 0.2) is 48.5 Å². The van der Waals surface area contributed by atoms with E-state index in [0.29, 0.717) is 0 Å². The fourth-order valence-electron chi connectivity index (χ4n) is 3.60. The summed E-state index contributed by atoms with van der Waals surface area (Å²) in [6, 6.07) is 15.6. The monoisotopic (exact) mass is 410 g/mol. The number of methoxy groups -OCH3 is 1. The van der Waals surface area contributed by atoms with Gasteiger partial charge in [-0.15, -0.1) is 11.3 Å². The second-order valence-electron chi connectivity index (χ2n) is 7.28. The number of anilines is 1. The normalized spacial score (nSPS) is 16.6. The molecule has 2 heterocycles. The van der Waals surface area contributed by atoms with Crippen molar-refractivity contribution in [2.45, 2.75) is 19.5 Å². The van der Waals surface area contributed by atoms with Gasteiger partial charge in [0.25, 0.3) is 0 Å². The lowest BCUT2D eigenvalue weighted by Crippen LogP contribution is -2.52. The first-order valence-electron chi connectivity index (χ1n) is 9.88. The van der Waals surface area contributed by atoms with Crippen LogP contribution in [0, 0.1) is 0 Å². The molecule has 1 saturated heterocycles. The quantitative estimate of drug-likeness (QED) is 0.675. The van der Waals surface area contributed by atoms with Crippen molar-refractivity contribution in [1.82, 2.24) is 14.8 Å². The predicted molar refractivity (Wildman–Crippen MR) is 118 cm³/mol. The van der Waals surface area contributed by atoms with Crippen molar-refractivity contribution in [2.75, 3.05) is 38.6 Å². The van der Waals surface area contributed by atoms with Crippen LogP contribution in [0.4, 0.5) is 5.69 Å². The number of aromatic nitrogens is 1. The van der Waals surface area contributed by atoms with Gasteiger partial charge in [0, 0.05) is 37.9 Å². The van der Waals surface area contributed by atoms with E-state index in [1.807, 2.05) is 37.3 Å². The van der Waals surface area contributed by atoms with Crippen molar-refractivity contribution >= 4 is 33.1 Å². The average Bonchev–Trinajstić information content (AvgIpc) is 3.16. The highest BCUT2D eigenvalue weighted by atomic mass is 32.1. The Labute approximate surface area is 175 Å². The number of thiazole rings is 1. The van der Waals surface area contributed by atoms with Crippen LogP contribution in [0.25, 0.3) is 10.2 Å². The van der Waals surface area contributed by atoms with E-state index >= 15 is 0 Å². The van der Waals surface area contributed by atoms with Gasteiger partial charge in [0.05, 0.1) is 29.9 Å². The van der Waals surface area contributed by atoms with E-state index in [2.05, 4.69) is 33.3 Å². The van der Waals surface area contributed by atoms with Crippen LogP contribution < -0.4 is 10.1 Å². The minimum Gasteiger partial charge on any atom is -0.497 e. The molecule has 7 heteroatoms. The van der Waals surface area contributed by atoms with Crippen molar-refractivity contribution in [1.29, 1.82) is 0 Å². The number of rotatable bonds is 6. The van der Waals surface area contributed by atoms with Gasteiger partial charge in [-0.05, 0) is 31.2 Å². The number of hydrogen-bond acceptors (Lipinski definition) is 6. The van der Waals surface area contributed by atoms with Gasteiger partial charge in [-0.3, -0.25) is 14.6 Å². The van der Waals surface area contributed by atoms with E-state index < -0.39 is 0 Å². The molecular weight excluding hydrogens is 384 g/mol. The average molecular weight is 411 g/mol. The van der Waals surface area contributed by atoms with Gasteiger partial charge < -0.3 is 10.1 Å². The molecule has 29 heavy (non-hydrogen) atoms. The summed E-state index contributed by atoms with van der Waals surface area (Å²) in [6.07, 6.45) is 0. The fourth-order valence-corrected chi connectivity index (χ4v) is 4.61. The molecule has 1 fully saturated rings. The first-order chi connectivity index (χ1) is 14.1. The van der Waals surface area contributed by atoms with Crippen molar-refractivity contribution in [2.24, 2.45) is 0 Å². The Hall–Kier alpha value is -2.48. The van der Waals surface area contributed by atoms with Crippen LogP contribution in [0.1, 0.15) is 11.9 Å². The molecule has 1 aliphatic rings. The van der Waals surface area contributed by atoms with E-state index in [9.17, 15) is 4.79 Å². The number of piperazine rings is 1. The number of amides is 1. The second-order valence-corrected chi connectivity index (χ2v) is 8.40. The van der Waals surface area contributed by atoms with Crippen LogP contribution in [0.3, 0.4) is 0 Å². The SMILES string of the molecule is COc1cccc(NC(=O)[C@H](C)N2CCN(Cc3nc4ccccc4s3)CC2)c1. The third-order valence-corrected chi connectivity index (χ3v) is 6.39. The lowest BCUT2D eigenvalue weighted by molar-refractivity contribution is -0.121. The second kappa shape index (κ2) is 8.90. The maximum Gasteiger partial charge on any atom is 0.241 e. The Morgan fingerprint density at radius 1 is 1.17 bits per heavy atom. The van der Waals surface area contributed by atoms with Crippen LogP contribution in [-0.4, -0.2) is 60.0 Å². The van der Waals surface area contributed by atoms with Crippen molar-refractivity contribution in [3.05, 3.63) is 53.5 Å². The molecule has 1 atom stereocenters. The standard InChI is InChI=1S/C22H26N4O2S/c1-16(22(27)23-17-6-5-7-18(14-17)28-2)26-12-10-25(11-13-26)15-21-24-19-8-3-4-9-20(19)29-21/h3-9,14,16H,10-13,15H2,1-2H3,(H,23,27)/t16-/m0/s1. The predicted octanol–water partition coefficient (Wildman–Crippen LogP) is 3.45. The first kappa shape index (κ1) is 19.8. The third kappa shape index (κ3) is 4.75. The molecule has 0 aliphatic carbocycles. The molecule has 2 aromatic carbocycles. The lowest BCUT2D eigenvalue weighted by atomic mass is 10.2. The van der Waals surface area contributed by atoms with Gasteiger partial charge in [0.15, 0.2) is 0 Å². The largest absolute Gasteiger partial charge is 0.497 e. The van der Waals surface area contributed by atoms with Gasteiger partial charge in [-0.2, -0.15) is 0 Å². The Morgan fingerprint density at radius 2 is 1.97 bits per heavy atom. The Bertz CT molecular complexity index is 949. The third-order valence-electron chi connectivity index (χ3n) is 5.37.